The molecule has 0 nitrogen and oxygen atoms in total. The summed E-state index contributed by atoms with van der Waals surface area (Å²) in [5.41, 5.74) is 0. The van der Waals surface area contributed by atoms with E-state index in [9.17, 15) is 0 Å². The summed E-state index contributed by atoms with van der Waals surface area (Å²) < 4.78 is 0. The van der Waals surface area contributed by atoms with Gasteiger partial charge < -0.3 is 0 Å². The first kappa shape index (κ1) is 11.0. The summed E-state index contributed by atoms with van der Waals surface area (Å²) in [6.45, 7) is 9.09. The molecule has 0 aromatic rings. The molecule has 0 saturated heterocycles. The molecule has 0 spiro atoms. The van der Waals surface area contributed by atoms with Gasteiger partial charge in [0.2, 0.25) is 0 Å². The first-order valence-electron chi connectivity index (χ1n) is 4.95. The summed E-state index contributed by atoms with van der Waals surface area (Å²) in [5, 5.41) is 0. The van der Waals surface area contributed by atoms with Crippen molar-refractivity contribution >= 4 is 0 Å². The molecule has 0 aliphatic heterocycles. The van der Waals surface area contributed by atoms with Crippen molar-refractivity contribution in [1.29, 1.82) is 0 Å². The fraction of sp³-hybridized carbons (Fsp3) is 0.909. The molecule has 0 rings (SSSR count). The molecule has 0 amide bonds. The highest BCUT2D eigenvalue weighted by Gasteiger charge is 2.01. The third-order valence-corrected chi connectivity index (χ3v) is 2.16. The summed E-state index contributed by atoms with van der Waals surface area (Å²) in [4.78, 5) is 0. The Labute approximate surface area is 72.4 Å². The van der Waals surface area contributed by atoms with Crippen LogP contribution in [0.15, 0.2) is 0 Å². The fourth-order valence-electron chi connectivity index (χ4n) is 1.44. The number of rotatable bonds is 6. The van der Waals surface area contributed by atoms with Crippen LogP contribution in [0.2, 0.25) is 0 Å². The Kier molecular flexibility index (Phi) is 6.69. The van der Waals surface area contributed by atoms with E-state index >= 15 is 0 Å². The third-order valence-electron chi connectivity index (χ3n) is 2.16. The van der Waals surface area contributed by atoms with Gasteiger partial charge in [0.15, 0.2) is 0 Å². The number of hydrogen-bond acceptors (Lipinski definition) is 0. The summed E-state index contributed by atoms with van der Waals surface area (Å²) >= 11 is 0. The molecule has 0 heteroatoms. The quantitative estimate of drug-likeness (QED) is 0.539. The molecule has 0 aliphatic carbocycles. The zero-order chi connectivity index (χ0) is 8.69. The van der Waals surface area contributed by atoms with Crippen LogP contribution in [-0.4, -0.2) is 0 Å². The van der Waals surface area contributed by atoms with E-state index in [0.29, 0.717) is 0 Å². The van der Waals surface area contributed by atoms with E-state index in [4.69, 9.17) is 0 Å². The molecular weight excluding hydrogens is 132 g/mol. The monoisotopic (exact) mass is 155 g/mol. The first-order valence-corrected chi connectivity index (χ1v) is 4.95. The van der Waals surface area contributed by atoms with Crippen LogP contribution < -0.4 is 0 Å². The molecule has 0 N–H and O–H groups in total. The van der Waals surface area contributed by atoms with E-state index in [2.05, 4.69) is 27.7 Å². The van der Waals surface area contributed by atoms with Gasteiger partial charge >= 0.3 is 0 Å². The SMILES string of the molecule is CCCC(C)CCC[C](C)C. The van der Waals surface area contributed by atoms with Gasteiger partial charge in [-0.2, -0.15) is 0 Å². The van der Waals surface area contributed by atoms with E-state index in [1.165, 1.54) is 32.1 Å². The van der Waals surface area contributed by atoms with Crippen LogP contribution in [0.4, 0.5) is 0 Å². The second kappa shape index (κ2) is 6.69. The maximum atomic E-state index is 2.37. The van der Waals surface area contributed by atoms with Crippen LogP contribution in [0.1, 0.15) is 59.8 Å². The smallest absolute Gasteiger partial charge is 0.0303 e. The van der Waals surface area contributed by atoms with Gasteiger partial charge in [-0.05, 0) is 18.3 Å². The van der Waals surface area contributed by atoms with Crippen LogP contribution in [0.5, 0.6) is 0 Å². The van der Waals surface area contributed by atoms with Gasteiger partial charge in [0.1, 0.15) is 0 Å². The Hall–Kier alpha value is 0. The maximum absolute atomic E-state index is 2.37. The van der Waals surface area contributed by atoms with Gasteiger partial charge in [0.05, 0.1) is 0 Å². The van der Waals surface area contributed by atoms with Crippen molar-refractivity contribution in [2.24, 2.45) is 5.92 Å². The molecule has 0 bridgehead atoms. The van der Waals surface area contributed by atoms with Gasteiger partial charge in [0.25, 0.3) is 0 Å². The normalized spacial score (nSPS) is 13.9. The fourth-order valence-corrected chi connectivity index (χ4v) is 1.44. The van der Waals surface area contributed by atoms with Crippen LogP contribution in [0, 0.1) is 11.8 Å². The van der Waals surface area contributed by atoms with E-state index in [0.717, 1.165) is 5.92 Å². The molecule has 11 heavy (non-hydrogen) atoms. The molecule has 1 radical (unpaired) electrons. The zero-order valence-corrected chi connectivity index (χ0v) is 8.61. The van der Waals surface area contributed by atoms with Crippen molar-refractivity contribution in [3.05, 3.63) is 5.92 Å². The van der Waals surface area contributed by atoms with E-state index in [1.807, 2.05) is 0 Å². The maximum Gasteiger partial charge on any atom is -0.0303 e. The first-order chi connectivity index (χ1) is 5.16. The Morgan fingerprint density at radius 1 is 1.18 bits per heavy atom. The van der Waals surface area contributed by atoms with Crippen molar-refractivity contribution in [3.8, 4) is 0 Å². The molecule has 1 unspecified atom stereocenters. The lowest BCUT2D eigenvalue weighted by Gasteiger charge is -2.10. The second-order valence-corrected chi connectivity index (χ2v) is 3.99. The van der Waals surface area contributed by atoms with Crippen LogP contribution in [0.25, 0.3) is 0 Å². The van der Waals surface area contributed by atoms with Crippen molar-refractivity contribution in [3.63, 3.8) is 0 Å². The van der Waals surface area contributed by atoms with Gasteiger partial charge in [-0.25, -0.2) is 0 Å². The summed E-state index contributed by atoms with van der Waals surface area (Å²) in [6, 6.07) is 0. The largest absolute Gasteiger partial charge is 0.0654 e. The molecular formula is C11H23. The molecule has 67 valence electrons. The standard InChI is InChI=1S/C11H23/c1-5-7-11(4)9-6-8-10(2)3/h11H,5-9H2,1-4H3. The average Bonchev–Trinajstić information content (AvgIpc) is 1.87. The van der Waals surface area contributed by atoms with E-state index in [-0.39, 0.29) is 0 Å². The van der Waals surface area contributed by atoms with Crippen molar-refractivity contribution in [2.45, 2.75) is 59.8 Å². The molecule has 0 saturated carbocycles. The summed E-state index contributed by atoms with van der Waals surface area (Å²) in [7, 11) is 0. The predicted molar refractivity (Wildman–Crippen MR) is 52.5 cm³/mol. The lowest BCUT2D eigenvalue weighted by molar-refractivity contribution is 0.464. The minimum absolute atomic E-state index is 0.944. The van der Waals surface area contributed by atoms with Crippen molar-refractivity contribution in [2.75, 3.05) is 0 Å². The Morgan fingerprint density at radius 3 is 2.27 bits per heavy atom. The molecule has 0 heterocycles. The minimum atomic E-state index is 0.944. The van der Waals surface area contributed by atoms with Gasteiger partial charge in [-0.15, -0.1) is 0 Å². The van der Waals surface area contributed by atoms with Gasteiger partial charge in [0, 0.05) is 0 Å². The Balaban J connectivity index is 3.10. The van der Waals surface area contributed by atoms with Crippen molar-refractivity contribution in [1.82, 2.24) is 0 Å². The van der Waals surface area contributed by atoms with Crippen LogP contribution >= 0.6 is 0 Å². The van der Waals surface area contributed by atoms with Crippen molar-refractivity contribution < 1.29 is 0 Å². The number of hydrogen-bond donors (Lipinski definition) is 0. The zero-order valence-electron chi connectivity index (χ0n) is 8.61. The van der Waals surface area contributed by atoms with E-state index in [1.54, 1.807) is 5.92 Å². The summed E-state index contributed by atoms with van der Waals surface area (Å²) in [6.07, 6.45) is 6.88. The minimum Gasteiger partial charge on any atom is -0.0654 e. The average molecular weight is 155 g/mol. The van der Waals surface area contributed by atoms with Crippen LogP contribution in [0.3, 0.4) is 0 Å². The van der Waals surface area contributed by atoms with Gasteiger partial charge in [-0.1, -0.05) is 53.4 Å². The Morgan fingerprint density at radius 2 is 1.82 bits per heavy atom. The highest BCUT2D eigenvalue weighted by Crippen LogP contribution is 2.16. The van der Waals surface area contributed by atoms with Gasteiger partial charge in [-0.3, -0.25) is 0 Å². The highest BCUT2D eigenvalue weighted by molar-refractivity contribution is 4.76. The lowest BCUT2D eigenvalue weighted by Crippen LogP contribution is -1.94. The lowest BCUT2D eigenvalue weighted by atomic mass is 9.96. The molecule has 0 aromatic heterocycles. The highest BCUT2D eigenvalue weighted by atomic mass is 14.1. The Bertz CT molecular complexity index is 74.1. The molecule has 0 aromatic carbocycles. The third kappa shape index (κ3) is 7.90. The molecule has 0 aliphatic rings. The molecule has 0 fully saturated rings. The molecule has 1 atom stereocenters. The second-order valence-electron chi connectivity index (χ2n) is 3.99. The topological polar surface area (TPSA) is 0 Å². The predicted octanol–water partition coefficient (Wildman–Crippen LogP) is 4.21. The van der Waals surface area contributed by atoms with Crippen LogP contribution in [-0.2, 0) is 0 Å². The van der Waals surface area contributed by atoms with E-state index < -0.39 is 0 Å². The summed E-state index contributed by atoms with van der Waals surface area (Å²) in [5.74, 6) is 2.52.